The van der Waals surface area contributed by atoms with Crippen LogP contribution in [-0.4, -0.2) is 12.2 Å². The maximum atomic E-state index is 11.6. The highest BCUT2D eigenvalue weighted by atomic mass is 16.4. The molecule has 0 fully saturated rings. The molecule has 5 nitrogen and oxygen atoms in total. The maximum absolute atomic E-state index is 11.6. The van der Waals surface area contributed by atoms with Crippen LogP contribution in [0.4, 0.5) is 0 Å². The first-order valence-electron chi connectivity index (χ1n) is 6.71. The predicted molar refractivity (Wildman–Crippen MR) is 77.2 cm³/mol. The minimum Gasteiger partial charge on any atom is -0.508 e. The summed E-state index contributed by atoms with van der Waals surface area (Å²) >= 11 is 0. The van der Waals surface area contributed by atoms with Gasteiger partial charge in [0, 0.05) is 23.1 Å². The van der Waals surface area contributed by atoms with Gasteiger partial charge in [0.2, 0.25) is 0 Å². The van der Waals surface area contributed by atoms with Crippen molar-refractivity contribution in [3.05, 3.63) is 64.4 Å². The van der Waals surface area contributed by atoms with E-state index >= 15 is 0 Å². The van der Waals surface area contributed by atoms with E-state index in [1.54, 1.807) is 18.4 Å². The minimum atomic E-state index is -0.408. The Morgan fingerprint density at radius 3 is 2.81 bits per heavy atom. The molecule has 0 radical (unpaired) electrons. The molecular weight excluding hydrogens is 270 g/mol. The van der Waals surface area contributed by atoms with Crippen molar-refractivity contribution in [3.63, 3.8) is 0 Å². The lowest BCUT2D eigenvalue weighted by molar-refractivity contribution is -0.908. The number of benzene rings is 1. The van der Waals surface area contributed by atoms with Gasteiger partial charge < -0.3 is 18.8 Å². The van der Waals surface area contributed by atoms with Crippen molar-refractivity contribution >= 4 is 11.0 Å². The number of fused-ring (bicyclic) bond motifs is 1. The Bertz CT molecular complexity index is 805. The third-order valence-corrected chi connectivity index (χ3v) is 3.36. The molecule has 0 aliphatic heterocycles. The van der Waals surface area contributed by atoms with Crippen LogP contribution in [0.25, 0.3) is 11.0 Å². The average molecular weight is 286 g/mol. The van der Waals surface area contributed by atoms with E-state index in [4.69, 9.17) is 8.83 Å². The summed E-state index contributed by atoms with van der Waals surface area (Å²) in [6.45, 7) is 1.39. The first kappa shape index (κ1) is 13.5. The third-order valence-electron chi connectivity index (χ3n) is 3.36. The number of phenols is 1. The molecule has 2 aromatic heterocycles. The van der Waals surface area contributed by atoms with E-state index in [2.05, 4.69) is 0 Å². The number of hydrogen-bond donors (Lipinski definition) is 2. The Balaban J connectivity index is 1.91. The van der Waals surface area contributed by atoms with E-state index in [0.29, 0.717) is 12.1 Å². The molecule has 0 bridgehead atoms. The van der Waals surface area contributed by atoms with Crippen LogP contribution in [0.3, 0.4) is 0 Å². The lowest BCUT2D eigenvalue weighted by Gasteiger charge is -2.13. The van der Waals surface area contributed by atoms with Crippen molar-refractivity contribution in [3.8, 4) is 5.75 Å². The molecule has 5 heteroatoms. The van der Waals surface area contributed by atoms with Gasteiger partial charge in [0.1, 0.15) is 24.4 Å². The van der Waals surface area contributed by atoms with Crippen LogP contribution in [0.2, 0.25) is 0 Å². The highest BCUT2D eigenvalue weighted by Crippen LogP contribution is 2.21. The molecule has 1 unspecified atom stereocenters. The van der Waals surface area contributed by atoms with E-state index < -0.39 is 5.63 Å². The van der Waals surface area contributed by atoms with E-state index in [1.807, 2.05) is 19.2 Å². The van der Waals surface area contributed by atoms with Gasteiger partial charge in [0.25, 0.3) is 0 Å². The van der Waals surface area contributed by atoms with Crippen molar-refractivity contribution in [1.29, 1.82) is 0 Å². The van der Waals surface area contributed by atoms with E-state index in [0.717, 1.165) is 23.3 Å². The molecule has 0 spiro atoms. The topological polar surface area (TPSA) is 68.0 Å². The number of nitrogens with one attached hydrogen (secondary N) is 1. The molecular formula is C16H16NO4+. The Hall–Kier alpha value is -2.53. The lowest BCUT2D eigenvalue weighted by atomic mass is 10.1. The van der Waals surface area contributed by atoms with E-state index in [9.17, 15) is 9.90 Å². The summed E-state index contributed by atoms with van der Waals surface area (Å²) in [7, 11) is 2.03. The smallest absolute Gasteiger partial charge is 0.336 e. The molecule has 1 aromatic carbocycles. The van der Waals surface area contributed by atoms with Gasteiger partial charge >= 0.3 is 5.63 Å². The summed E-state index contributed by atoms with van der Waals surface area (Å²) in [5.41, 5.74) is 0.891. The summed E-state index contributed by atoms with van der Waals surface area (Å²) in [5, 5.41) is 10.3. The highest BCUT2D eigenvalue weighted by molar-refractivity contribution is 5.81. The Morgan fingerprint density at radius 1 is 1.19 bits per heavy atom. The van der Waals surface area contributed by atoms with Gasteiger partial charge in [-0.1, -0.05) is 0 Å². The van der Waals surface area contributed by atoms with Crippen molar-refractivity contribution in [2.24, 2.45) is 0 Å². The summed E-state index contributed by atoms with van der Waals surface area (Å²) in [4.78, 5) is 12.8. The van der Waals surface area contributed by atoms with Gasteiger partial charge in [-0.15, -0.1) is 0 Å². The van der Waals surface area contributed by atoms with Crippen molar-refractivity contribution in [1.82, 2.24) is 0 Å². The number of rotatable bonds is 4. The fourth-order valence-corrected chi connectivity index (χ4v) is 2.46. The van der Waals surface area contributed by atoms with Crippen molar-refractivity contribution < 1.29 is 18.8 Å². The number of aromatic hydroxyl groups is 1. The zero-order chi connectivity index (χ0) is 14.8. The van der Waals surface area contributed by atoms with Crippen molar-refractivity contribution in [2.75, 3.05) is 7.05 Å². The molecule has 2 N–H and O–H groups in total. The molecule has 0 aliphatic rings. The summed E-state index contributed by atoms with van der Waals surface area (Å²) in [6, 6.07) is 10.1. The van der Waals surface area contributed by atoms with Crippen LogP contribution >= 0.6 is 0 Å². The zero-order valence-electron chi connectivity index (χ0n) is 11.6. The first-order valence-corrected chi connectivity index (χ1v) is 6.71. The van der Waals surface area contributed by atoms with Crippen LogP contribution in [0, 0.1) is 0 Å². The molecule has 0 amide bonds. The summed E-state index contributed by atoms with van der Waals surface area (Å²) in [5.74, 6) is 0.983. The lowest BCUT2D eigenvalue weighted by Crippen LogP contribution is -3.06. The van der Waals surface area contributed by atoms with Crippen LogP contribution in [0.1, 0.15) is 11.3 Å². The second kappa shape index (κ2) is 5.46. The van der Waals surface area contributed by atoms with E-state index in [1.165, 1.54) is 17.0 Å². The molecule has 0 saturated carbocycles. The number of quaternary nitrogens is 1. The Morgan fingerprint density at radius 2 is 2.05 bits per heavy atom. The molecule has 0 saturated heterocycles. The number of furan rings is 1. The van der Waals surface area contributed by atoms with Gasteiger partial charge in [-0.2, -0.15) is 0 Å². The quantitative estimate of drug-likeness (QED) is 0.710. The molecule has 108 valence electrons. The SMILES string of the molecule is C[NH+](Cc1ccco1)Cc1cc(=O)oc2cc(O)ccc12. The third kappa shape index (κ3) is 2.98. The second-order valence-electron chi connectivity index (χ2n) is 5.16. The maximum Gasteiger partial charge on any atom is 0.336 e. The van der Waals surface area contributed by atoms with Crippen LogP contribution in [-0.2, 0) is 13.1 Å². The fraction of sp³-hybridized carbons (Fsp3) is 0.188. The molecule has 2 heterocycles. The molecule has 21 heavy (non-hydrogen) atoms. The monoisotopic (exact) mass is 286 g/mol. The average Bonchev–Trinajstić information content (AvgIpc) is 2.90. The molecule has 1 atom stereocenters. The largest absolute Gasteiger partial charge is 0.508 e. The Labute approximate surface area is 121 Å². The zero-order valence-corrected chi connectivity index (χ0v) is 11.6. The minimum absolute atomic E-state index is 0.0825. The second-order valence-corrected chi connectivity index (χ2v) is 5.16. The van der Waals surface area contributed by atoms with Crippen molar-refractivity contribution in [2.45, 2.75) is 13.1 Å². The number of phenolic OH excluding ortho intramolecular Hbond substituents is 1. The fourth-order valence-electron chi connectivity index (χ4n) is 2.46. The number of hydrogen-bond acceptors (Lipinski definition) is 4. The van der Waals surface area contributed by atoms with E-state index in [-0.39, 0.29) is 5.75 Å². The molecule has 3 aromatic rings. The van der Waals surface area contributed by atoms with Crippen LogP contribution in [0.15, 0.2) is 56.3 Å². The highest BCUT2D eigenvalue weighted by Gasteiger charge is 2.12. The van der Waals surface area contributed by atoms with Gasteiger partial charge in [-0.05, 0) is 24.3 Å². The predicted octanol–water partition coefficient (Wildman–Crippen LogP) is 1.31. The summed E-state index contributed by atoms with van der Waals surface area (Å²) < 4.78 is 10.5. The summed E-state index contributed by atoms with van der Waals surface area (Å²) in [6.07, 6.45) is 1.65. The van der Waals surface area contributed by atoms with Gasteiger partial charge in [-0.3, -0.25) is 0 Å². The standard InChI is InChI=1S/C16H15NO4/c1-17(10-13-3-2-6-20-13)9-11-7-16(19)21-15-8-12(18)4-5-14(11)15/h2-8,18H,9-10H2,1H3/p+1. The van der Waals surface area contributed by atoms with Gasteiger partial charge in [0.05, 0.1) is 13.3 Å². The normalized spacial score (nSPS) is 12.6. The molecule has 0 aliphatic carbocycles. The molecule has 3 rings (SSSR count). The van der Waals surface area contributed by atoms with Crippen LogP contribution < -0.4 is 10.5 Å². The first-order chi connectivity index (χ1) is 10.1. The van der Waals surface area contributed by atoms with Crippen LogP contribution in [0.5, 0.6) is 5.75 Å². The Kier molecular flexibility index (Phi) is 3.50. The van der Waals surface area contributed by atoms with Gasteiger partial charge in [-0.25, -0.2) is 4.79 Å². The van der Waals surface area contributed by atoms with Gasteiger partial charge in [0.15, 0.2) is 5.76 Å².